The van der Waals surface area contributed by atoms with Crippen LogP contribution in [0.15, 0.2) is 35.3 Å². The summed E-state index contributed by atoms with van der Waals surface area (Å²) in [6, 6.07) is 6.71. The number of fused-ring (bicyclic) bond motifs is 1. The standard InChI is InChI=1S/C34H48N8O9/c1-3-11-46-13-15-48-17-19-50-21-22-51-20-18-49-16-14-47-12-10-36-29(43)9-4-25(2)39-32(44)26-5-7-27(8-6-26)37-23-28-24-38-31-30(40-28)33(45)42-34(35)41-31/h1,5-8,24-25,37H,4,9-23H2,2H3,(H,36,43)(H,39,44)(H3,35,38,41,42,45)/t25-/m1/s1. The number of hydrogen-bond acceptors (Lipinski definition) is 14. The monoisotopic (exact) mass is 712 g/mol. The Kier molecular flexibility index (Phi) is 19.5. The van der Waals surface area contributed by atoms with Gasteiger partial charge in [0.2, 0.25) is 11.9 Å². The molecule has 17 heteroatoms. The van der Waals surface area contributed by atoms with Crippen molar-refractivity contribution in [1.82, 2.24) is 30.6 Å². The lowest BCUT2D eigenvalue weighted by Gasteiger charge is -2.14. The zero-order chi connectivity index (χ0) is 36.5. The van der Waals surface area contributed by atoms with Gasteiger partial charge in [-0.1, -0.05) is 5.92 Å². The smallest absolute Gasteiger partial charge is 0.280 e. The van der Waals surface area contributed by atoms with Crippen molar-refractivity contribution < 1.29 is 38.0 Å². The van der Waals surface area contributed by atoms with Crippen LogP contribution in [0.3, 0.4) is 0 Å². The summed E-state index contributed by atoms with van der Waals surface area (Å²) in [5.74, 6) is 2.00. The molecule has 0 spiro atoms. The summed E-state index contributed by atoms with van der Waals surface area (Å²) >= 11 is 0. The number of rotatable bonds is 27. The van der Waals surface area contributed by atoms with Crippen LogP contribution in [0.1, 0.15) is 35.8 Å². The Morgan fingerprint density at radius 3 is 2.08 bits per heavy atom. The summed E-state index contributed by atoms with van der Waals surface area (Å²) in [4.78, 5) is 51.8. The number of nitrogen functional groups attached to an aromatic ring is 1. The minimum absolute atomic E-state index is 0.0235. The third kappa shape index (κ3) is 17.2. The maximum absolute atomic E-state index is 12.7. The van der Waals surface area contributed by atoms with Crippen LogP contribution in [-0.4, -0.2) is 124 Å². The molecule has 0 unspecified atom stereocenters. The van der Waals surface area contributed by atoms with E-state index in [0.717, 1.165) is 5.69 Å². The van der Waals surface area contributed by atoms with Gasteiger partial charge in [-0.25, -0.2) is 9.97 Å². The Morgan fingerprint density at radius 1 is 0.882 bits per heavy atom. The van der Waals surface area contributed by atoms with E-state index in [9.17, 15) is 14.4 Å². The summed E-state index contributed by atoms with van der Waals surface area (Å²) in [5.41, 5.74) is 7.12. The average Bonchev–Trinajstić information content (AvgIpc) is 3.12. The lowest BCUT2D eigenvalue weighted by atomic mass is 10.1. The number of aromatic amines is 1. The van der Waals surface area contributed by atoms with Gasteiger partial charge in [0, 0.05) is 30.3 Å². The van der Waals surface area contributed by atoms with Crippen molar-refractivity contribution in [3.63, 3.8) is 0 Å². The van der Waals surface area contributed by atoms with Crippen molar-refractivity contribution >= 4 is 34.6 Å². The highest BCUT2D eigenvalue weighted by atomic mass is 16.6. The fourth-order valence-corrected chi connectivity index (χ4v) is 4.30. The van der Waals surface area contributed by atoms with E-state index in [4.69, 9.17) is 40.6 Å². The van der Waals surface area contributed by atoms with E-state index in [0.29, 0.717) is 103 Å². The summed E-state index contributed by atoms with van der Waals surface area (Å²) in [7, 11) is 0. The van der Waals surface area contributed by atoms with Crippen LogP contribution >= 0.6 is 0 Å². The first-order valence-electron chi connectivity index (χ1n) is 16.7. The molecule has 1 atom stereocenters. The fraction of sp³-hybridized carbons (Fsp3) is 0.529. The number of anilines is 2. The molecule has 0 radical (unpaired) electrons. The van der Waals surface area contributed by atoms with Gasteiger partial charge in [-0.05, 0) is 37.6 Å². The molecule has 0 aliphatic carbocycles. The highest BCUT2D eigenvalue weighted by Crippen LogP contribution is 2.12. The van der Waals surface area contributed by atoms with Gasteiger partial charge in [-0.2, -0.15) is 4.98 Å². The molecule has 51 heavy (non-hydrogen) atoms. The van der Waals surface area contributed by atoms with Gasteiger partial charge >= 0.3 is 0 Å². The number of nitrogens with zero attached hydrogens (tertiary/aromatic N) is 3. The maximum Gasteiger partial charge on any atom is 0.280 e. The molecule has 3 aromatic rings. The molecule has 0 aliphatic rings. The Morgan fingerprint density at radius 2 is 1.47 bits per heavy atom. The Labute approximate surface area is 296 Å². The van der Waals surface area contributed by atoms with Crippen LogP contribution in [0, 0.1) is 12.3 Å². The number of benzene rings is 1. The van der Waals surface area contributed by atoms with Crippen molar-refractivity contribution in [2.24, 2.45) is 0 Å². The Bertz CT molecular complexity index is 1570. The lowest BCUT2D eigenvalue weighted by molar-refractivity contribution is -0.121. The minimum Gasteiger partial charge on any atom is -0.379 e. The second-order valence-electron chi connectivity index (χ2n) is 11.0. The molecule has 1 aromatic carbocycles. The predicted octanol–water partition coefficient (Wildman–Crippen LogP) is 0.655. The van der Waals surface area contributed by atoms with Gasteiger partial charge < -0.3 is 50.1 Å². The highest BCUT2D eigenvalue weighted by molar-refractivity contribution is 5.94. The molecule has 2 amide bonds. The number of carbonyl (C=O) groups excluding carboxylic acids is 2. The van der Waals surface area contributed by atoms with E-state index in [1.54, 1.807) is 24.3 Å². The van der Waals surface area contributed by atoms with Gasteiger partial charge in [-0.15, -0.1) is 6.42 Å². The van der Waals surface area contributed by atoms with Crippen LogP contribution in [-0.2, 0) is 39.8 Å². The summed E-state index contributed by atoms with van der Waals surface area (Å²) < 4.78 is 32.2. The van der Waals surface area contributed by atoms with Gasteiger partial charge in [0.05, 0.1) is 91.1 Å². The molecule has 0 saturated heterocycles. The van der Waals surface area contributed by atoms with Crippen LogP contribution in [0.2, 0.25) is 0 Å². The summed E-state index contributed by atoms with van der Waals surface area (Å²) in [6.07, 6.45) is 7.34. The topological polar surface area (TPSA) is 223 Å². The molecule has 2 heterocycles. The highest BCUT2D eigenvalue weighted by Gasteiger charge is 2.12. The number of nitrogens with two attached hydrogens (primary N) is 1. The van der Waals surface area contributed by atoms with E-state index in [-0.39, 0.29) is 48.0 Å². The molecular formula is C34H48N8O9. The second-order valence-corrected chi connectivity index (χ2v) is 11.0. The number of terminal acetylenes is 1. The molecule has 2 aromatic heterocycles. The summed E-state index contributed by atoms with van der Waals surface area (Å²) in [5, 5.41) is 8.91. The number of carbonyl (C=O) groups is 2. The second kappa shape index (κ2) is 24.4. The molecule has 6 N–H and O–H groups in total. The van der Waals surface area contributed by atoms with Gasteiger partial charge in [0.15, 0.2) is 11.2 Å². The normalized spacial score (nSPS) is 11.6. The van der Waals surface area contributed by atoms with Gasteiger partial charge in [0.25, 0.3) is 11.5 Å². The molecule has 0 fully saturated rings. The SMILES string of the molecule is C#CCOCCOCCOCCOCCOCCOCCNC(=O)CC[C@@H](C)NC(=O)c1ccc(NCc2cnc3nc(N)[nH]c(=O)c3n2)cc1. The predicted molar refractivity (Wildman–Crippen MR) is 189 cm³/mol. The van der Waals surface area contributed by atoms with Crippen molar-refractivity contribution in [3.05, 3.63) is 52.1 Å². The fourth-order valence-electron chi connectivity index (χ4n) is 4.30. The quantitative estimate of drug-likeness (QED) is 0.0541. The molecule has 3 rings (SSSR count). The molecule has 278 valence electrons. The summed E-state index contributed by atoms with van der Waals surface area (Å²) in [6.45, 7) is 7.77. The third-order valence-electron chi connectivity index (χ3n) is 6.90. The van der Waals surface area contributed by atoms with E-state index < -0.39 is 5.56 Å². The first kappa shape index (κ1) is 40.7. The van der Waals surface area contributed by atoms with Gasteiger partial charge in [0.1, 0.15) is 6.61 Å². The van der Waals surface area contributed by atoms with Crippen molar-refractivity contribution in [3.8, 4) is 12.3 Å². The van der Waals surface area contributed by atoms with Crippen LogP contribution in [0.25, 0.3) is 11.2 Å². The number of H-pyrrole nitrogens is 1. The number of ether oxygens (including phenoxy) is 6. The maximum atomic E-state index is 12.7. The first-order chi connectivity index (χ1) is 24.9. The zero-order valence-electron chi connectivity index (χ0n) is 28.9. The van der Waals surface area contributed by atoms with E-state index in [2.05, 4.69) is 41.8 Å². The first-order valence-corrected chi connectivity index (χ1v) is 16.7. The average molecular weight is 713 g/mol. The third-order valence-corrected chi connectivity index (χ3v) is 6.90. The Balaban J connectivity index is 1.14. The van der Waals surface area contributed by atoms with Crippen molar-refractivity contribution in [2.75, 3.05) is 96.9 Å². The zero-order valence-corrected chi connectivity index (χ0v) is 28.9. The minimum atomic E-state index is -0.461. The number of hydrogen-bond donors (Lipinski definition) is 5. The van der Waals surface area contributed by atoms with E-state index in [1.165, 1.54) is 6.20 Å². The van der Waals surface area contributed by atoms with Crippen LogP contribution < -0.4 is 27.2 Å². The van der Waals surface area contributed by atoms with E-state index in [1.807, 2.05) is 6.92 Å². The molecule has 0 bridgehead atoms. The van der Waals surface area contributed by atoms with E-state index >= 15 is 0 Å². The Hall–Kier alpha value is -4.70. The van der Waals surface area contributed by atoms with Crippen LogP contribution in [0.5, 0.6) is 0 Å². The molecular weight excluding hydrogens is 664 g/mol. The van der Waals surface area contributed by atoms with Gasteiger partial charge in [-0.3, -0.25) is 19.4 Å². The molecule has 0 saturated carbocycles. The number of nitrogens with one attached hydrogen (secondary N) is 4. The number of amides is 2. The molecule has 0 aliphatic heterocycles. The van der Waals surface area contributed by atoms with Crippen LogP contribution in [0.4, 0.5) is 11.6 Å². The largest absolute Gasteiger partial charge is 0.379 e. The lowest BCUT2D eigenvalue weighted by Crippen LogP contribution is -2.34. The van der Waals surface area contributed by atoms with Crippen molar-refractivity contribution in [2.45, 2.75) is 32.4 Å². The van der Waals surface area contributed by atoms with Crippen molar-refractivity contribution in [1.29, 1.82) is 0 Å². The number of aromatic nitrogens is 4. The molecule has 17 nitrogen and oxygen atoms in total.